The molecule has 8 aromatic carbocycles. The third-order valence-electron chi connectivity index (χ3n) is 16.7. The van der Waals surface area contributed by atoms with Crippen molar-refractivity contribution in [1.29, 1.82) is 0 Å². The van der Waals surface area contributed by atoms with E-state index in [2.05, 4.69) is 0 Å². The minimum absolute atomic E-state index is 0.0760. The summed E-state index contributed by atoms with van der Waals surface area (Å²) in [5.74, 6) is -25.8. The highest BCUT2D eigenvalue weighted by molar-refractivity contribution is 6.07. The average molecular weight is 1510 g/mol. The van der Waals surface area contributed by atoms with Crippen LogP contribution in [-0.4, -0.2) is 205 Å². The Labute approximate surface area is 616 Å². The van der Waals surface area contributed by atoms with Gasteiger partial charge in [-0.15, -0.1) is 0 Å². The first-order valence-electron chi connectivity index (χ1n) is 32.2. The van der Waals surface area contributed by atoms with Gasteiger partial charge in [0.2, 0.25) is 12.4 Å². The fraction of sp³-hybridized carbons (Fsp3) is 0.171. The second-order valence-corrected chi connectivity index (χ2v) is 23.4. The topological polar surface area (TPSA) is 519 Å². The van der Waals surface area contributed by atoms with E-state index in [4.69, 9.17) is 52.1 Å². The lowest BCUT2D eigenvalue weighted by Crippen LogP contribution is -2.67. The number of hydrogen-bond acceptors (Lipinski definition) is 27. The SMILES string of the molecule is O=C(OCC1OC(OC2C(COC(=O)c3ccccc3C(=O)O)OC(OC(=O)c3ccccc3C(=O)O)C(OC(=O)c3ccccc3C(=O)O)C2OC(=O)c2ccccc2C(=O)O)C(OC(=O)c2ccccc2C(=O)O)C(OC(=O)c2ccccc2C(=O)O)C1OC(=O)c1ccccc1C(=O)O)c1ccccc1CO. The van der Waals surface area contributed by atoms with Gasteiger partial charge in [-0.25, -0.2) is 71.9 Å². The maximum Gasteiger partial charge on any atom is 0.341 e. The van der Waals surface area contributed by atoms with Crippen molar-refractivity contribution in [3.05, 3.63) is 283 Å². The van der Waals surface area contributed by atoms with E-state index in [1.165, 1.54) is 48.5 Å². The summed E-state index contributed by atoms with van der Waals surface area (Å²) in [7, 11) is 0. The van der Waals surface area contributed by atoms with E-state index in [0.29, 0.717) is 0 Å². The van der Waals surface area contributed by atoms with Crippen molar-refractivity contribution in [3.8, 4) is 0 Å². The second kappa shape index (κ2) is 34.7. The van der Waals surface area contributed by atoms with Crippen LogP contribution in [0.2, 0.25) is 0 Å². The third-order valence-corrected chi connectivity index (χ3v) is 16.7. The number of benzene rings is 8. The van der Waals surface area contributed by atoms with Crippen molar-refractivity contribution in [3.63, 3.8) is 0 Å². The van der Waals surface area contributed by atoms with Gasteiger partial charge >= 0.3 is 89.5 Å². The largest absolute Gasteiger partial charge is 0.478 e. The van der Waals surface area contributed by atoms with Crippen LogP contribution in [-0.2, 0) is 58.7 Å². The van der Waals surface area contributed by atoms with Crippen LogP contribution in [0, 0.1) is 0 Å². The highest BCUT2D eigenvalue weighted by Gasteiger charge is 2.60. The number of carbonyl (C=O) groups is 15. The molecule has 10 unspecified atom stereocenters. The highest BCUT2D eigenvalue weighted by Crippen LogP contribution is 2.39. The van der Waals surface area contributed by atoms with Crippen LogP contribution in [0.25, 0.3) is 0 Å². The molecule has 10 rings (SSSR count). The number of carboxylic acids is 7. The third kappa shape index (κ3) is 17.6. The van der Waals surface area contributed by atoms with E-state index in [1.807, 2.05) is 0 Å². The lowest BCUT2D eigenvalue weighted by Gasteiger charge is -2.48. The van der Waals surface area contributed by atoms with Gasteiger partial charge in [0.15, 0.2) is 30.7 Å². The van der Waals surface area contributed by atoms with Gasteiger partial charge in [0, 0.05) is 0 Å². The second-order valence-electron chi connectivity index (χ2n) is 23.4. The normalized spacial score (nSPS) is 19.1. The quantitative estimate of drug-likeness (QED) is 0.0182. The monoisotopic (exact) mass is 1510 g/mol. The van der Waals surface area contributed by atoms with Crippen molar-refractivity contribution in [2.45, 2.75) is 68.0 Å². The molecule has 0 aromatic heterocycles. The fourth-order valence-corrected chi connectivity index (χ4v) is 11.6. The van der Waals surface area contributed by atoms with Crippen molar-refractivity contribution in [2.75, 3.05) is 13.2 Å². The fourth-order valence-electron chi connectivity index (χ4n) is 11.6. The number of hydrogen-bond donors (Lipinski definition) is 8. The maximum absolute atomic E-state index is 15.3. The Bertz CT molecular complexity index is 5000. The van der Waals surface area contributed by atoms with Gasteiger partial charge in [-0.1, -0.05) is 103 Å². The zero-order valence-electron chi connectivity index (χ0n) is 56.1. The van der Waals surface area contributed by atoms with E-state index in [1.54, 1.807) is 0 Å². The molecule has 0 saturated carbocycles. The lowest BCUT2D eigenvalue weighted by molar-refractivity contribution is -0.351. The number of esters is 8. The summed E-state index contributed by atoms with van der Waals surface area (Å²) in [4.78, 5) is 209. The lowest BCUT2D eigenvalue weighted by atomic mass is 9.95. The van der Waals surface area contributed by atoms with Gasteiger partial charge < -0.3 is 93.0 Å². The van der Waals surface area contributed by atoms with Gasteiger partial charge in [0.1, 0.15) is 31.5 Å². The van der Waals surface area contributed by atoms with Gasteiger partial charge in [-0.3, -0.25) is 0 Å². The molecule has 564 valence electrons. The van der Waals surface area contributed by atoms with Crippen molar-refractivity contribution in [2.24, 2.45) is 0 Å². The van der Waals surface area contributed by atoms with Crippen LogP contribution in [0.5, 0.6) is 0 Å². The van der Waals surface area contributed by atoms with Crippen LogP contribution in [0.1, 0.15) is 161 Å². The molecule has 0 radical (unpaired) electrons. The zero-order chi connectivity index (χ0) is 79.2. The number of aromatic carboxylic acids is 7. The molecule has 2 aliphatic heterocycles. The predicted molar refractivity (Wildman–Crippen MR) is 360 cm³/mol. The minimum Gasteiger partial charge on any atom is -0.478 e. The maximum atomic E-state index is 15.3. The number of carboxylic acid groups (broad SMARTS) is 7. The van der Waals surface area contributed by atoms with Crippen LogP contribution >= 0.6 is 0 Å². The van der Waals surface area contributed by atoms with E-state index < -0.39 is 249 Å². The first-order chi connectivity index (χ1) is 52.7. The van der Waals surface area contributed by atoms with Crippen LogP contribution < -0.4 is 0 Å². The van der Waals surface area contributed by atoms with Crippen molar-refractivity contribution >= 4 is 89.5 Å². The van der Waals surface area contributed by atoms with Gasteiger partial charge in [-0.05, 0) is 96.6 Å². The number of rotatable bonds is 28. The standard InChI is InChI=1S/C76H56O34/c77-33-36-17-1-2-18-37(36)67(92)100-34-52-54(104-69(94)46-27-11-4-20-39(46)61(80)81)56(105-70(95)47-28-12-5-21-40(47)62(82)83)58(107-72(97)49-30-14-7-23-42(49)64(86)87)75(102-52)109-55-53(35-101-68(93)45-26-10-3-19-38(45)60(78)79)103-76(110-74(99)51-32-16-9-25-44(51)66(90)91)59(108-73(98)50-31-15-8-24-43(50)65(88)89)57(55)106-71(96)48-29-13-6-22-41(48)63(84)85/h1-32,52-59,75-77H,33-35H2,(H,78,79)(H,80,81)(H,82,83)(H,84,85)(H,86,87)(H,88,89)(H,90,91). The molecule has 0 spiro atoms. The molecule has 110 heavy (non-hydrogen) atoms. The first kappa shape index (κ1) is 78.2. The summed E-state index contributed by atoms with van der Waals surface area (Å²) in [5.41, 5.74) is -11.7. The smallest absolute Gasteiger partial charge is 0.341 e. The molecule has 2 heterocycles. The van der Waals surface area contributed by atoms with Gasteiger partial charge in [-0.2, -0.15) is 0 Å². The molecule has 2 fully saturated rings. The summed E-state index contributed by atoms with van der Waals surface area (Å²) < 4.78 is 67.5. The van der Waals surface area contributed by atoms with Gasteiger partial charge in [0.25, 0.3) is 0 Å². The molecule has 8 aromatic rings. The Kier molecular flexibility index (Phi) is 24.7. The Balaban J connectivity index is 1.26. The van der Waals surface area contributed by atoms with E-state index in [0.717, 1.165) is 146 Å². The Morgan fingerprint density at radius 1 is 0.245 bits per heavy atom. The van der Waals surface area contributed by atoms with E-state index >= 15 is 19.2 Å². The van der Waals surface area contributed by atoms with Crippen molar-refractivity contribution < 1.29 is 165 Å². The molecule has 0 bridgehead atoms. The molecular formula is C76H56O34. The van der Waals surface area contributed by atoms with Crippen LogP contribution in [0.15, 0.2) is 194 Å². The molecule has 34 heteroatoms. The molecule has 2 saturated heterocycles. The molecule has 8 N–H and O–H groups in total. The van der Waals surface area contributed by atoms with E-state index in [-0.39, 0.29) is 11.1 Å². The summed E-state index contributed by atoms with van der Waals surface area (Å²) in [5, 5.41) is 82.9. The van der Waals surface area contributed by atoms with Gasteiger partial charge in [0.05, 0.1) is 90.1 Å². The number of carbonyl (C=O) groups excluding carboxylic acids is 8. The highest BCUT2D eigenvalue weighted by atomic mass is 16.8. The molecule has 0 aliphatic carbocycles. The van der Waals surface area contributed by atoms with Crippen LogP contribution in [0.3, 0.4) is 0 Å². The minimum atomic E-state index is -2.91. The first-order valence-corrected chi connectivity index (χ1v) is 32.2. The molecular weight excluding hydrogens is 1460 g/mol. The Morgan fingerprint density at radius 2 is 0.464 bits per heavy atom. The summed E-state index contributed by atoms with van der Waals surface area (Å²) in [6.45, 7) is -3.63. The molecule has 34 nitrogen and oxygen atoms in total. The zero-order valence-corrected chi connectivity index (χ0v) is 56.1. The summed E-state index contributed by atoms with van der Waals surface area (Å²) >= 11 is 0. The predicted octanol–water partition coefficient (Wildman–Crippen LogP) is 6.90. The van der Waals surface area contributed by atoms with Crippen LogP contribution in [0.4, 0.5) is 0 Å². The number of aliphatic hydroxyl groups excluding tert-OH is 1. The van der Waals surface area contributed by atoms with E-state index in [9.17, 15) is 93.6 Å². The number of aliphatic hydroxyl groups is 1. The Morgan fingerprint density at radius 3 is 0.773 bits per heavy atom. The summed E-state index contributed by atoms with van der Waals surface area (Å²) in [6, 6.07) is 34.2. The number of ether oxygens (including phenoxy) is 11. The average Bonchev–Trinajstić information content (AvgIpc) is 0.755. The molecule has 2 aliphatic rings. The Hall–Kier alpha value is -14.4. The summed E-state index contributed by atoms with van der Waals surface area (Å²) in [6.07, 6.45) is -27.2. The van der Waals surface area contributed by atoms with Crippen molar-refractivity contribution in [1.82, 2.24) is 0 Å². The molecule has 10 atom stereocenters. The molecule has 0 amide bonds.